The van der Waals surface area contributed by atoms with Crippen LogP contribution in [0.15, 0.2) is 10.5 Å². The van der Waals surface area contributed by atoms with E-state index in [-0.39, 0.29) is 5.75 Å². The molecular formula is C10H13BrO3. The highest BCUT2D eigenvalue weighted by atomic mass is 79.9. The largest absolute Gasteiger partial charge is 0.507 e. The number of hydrogen-bond acceptors (Lipinski definition) is 3. The zero-order chi connectivity index (χ0) is 10.7. The molecule has 0 saturated carbocycles. The van der Waals surface area contributed by atoms with Gasteiger partial charge < -0.3 is 14.6 Å². The summed E-state index contributed by atoms with van der Waals surface area (Å²) in [6.07, 6.45) is 0.729. The summed E-state index contributed by atoms with van der Waals surface area (Å²) in [5, 5.41) is 9.66. The first-order valence-electron chi connectivity index (χ1n) is 4.28. The summed E-state index contributed by atoms with van der Waals surface area (Å²) < 4.78 is 11.0. The number of aromatic hydroxyl groups is 1. The number of rotatable bonds is 3. The number of ether oxygens (including phenoxy) is 2. The number of hydrogen-bond donors (Lipinski definition) is 1. The van der Waals surface area contributed by atoms with Gasteiger partial charge in [-0.3, -0.25) is 0 Å². The maximum Gasteiger partial charge on any atom is 0.175 e. The molecule has 0 atom stereocenters. The highest BCUT2D eigenvalue weighted by Crippen LogP contribution is 2.42. The molecule has 0 amide bonds. The van der Waals surface area contributed by atoms with Crippen molar-refractivity contribution in [3.8, 4) is 17.2 Å². The Morgan fingerprint density at radius 2 is 2.00 bits per heavy atom. The summed E-state index contributed by atoms with van der Waals surface area (Å²) in [4.78, 5) is 0. The van der Waals surface area contributed by atoms with Crippen LogP contribution in [0.1, 0.15) is 12.5 Å². The molecule has 1 N–H and O–H groups in total. The molecule has 0 aliphatic carbocycles. The second-order valence-electron chi connectivity index (χ2n) is 2.78. The SMILES string of the molecule is CCc1c(O)cc(OC)c(OC)c1Br. The maximum absolute atomic E-state index is 9.66. The highest BCUT2D eigenvalue weighted by Gasteiger charge is 2.15. The van der Waals surface area contributed by atoms with E-state index in [4.69, 9.17) is 9.47 Å². The number of benzene rings is 1. The Kier molecular flexibility index (Phi) is 3.63. The number of phenols is 1. The van der Waals surface area contributed by atoms with Gasteiger partial charge in [0.15, 0.2) is 11.5 Å². The van der Waals surface area contributed by atoms with E-state index in [9.17, 15) is 5.11 Å². The third-order valence-corrected chi connectivity index (χ3v) is 2.88. The molecule has 14 heavy (non-hydrogen) atoms. The normalized spacial score (nSPS) is 10.0. The summed E-state index contributed by atoms with van der Waals surface area (Å²) in [6, 6.07) is 1.56. The second kappa shape index (κ2) is 4.55. The third-order valence-electron chi connectivity index (χ3n) is 2.04. The minimum absolute atomic E-state index is 0.219. The lowest BCUT2D eigenvalue weighted by Gasteiger charge is -2.13. The van der Waals surface area contributed by atoms with Crippen LogP contribution in [0.5, 0.6) is 17.2 Å². The summed E-state index contributed by atoms with van der Waals surface area (Å²) >= 11 is 3.38. The van der Waals surface area contributed by atoms with Crippen molar-refractivity contribution in [1.29, 1.82) is 0 Å². The molecule has 0 heterocycles. The molecule has 1 aromatic rings. The van der Waals surface area contributed by atoms with Gasteiger partial charge in [0.1, 0.15) is 5.75 Å². The van der Waals surface area contributed by atoms with Crippen molar-refractivity contribution >= 4 is 15.9 Å². The van der Waals surface area contributed by atoms with E-state index >= 15 is 0 Å². The zero-order valence-electron chi connectivity index (χ0n) is 8.43. The van der Waals surface area contributed by atoms with Gasteiger partial charge in [-0.15, -0.1) is 0 Å². The van der Waals surface area contributed by atoms with Crippen LogP contribution in [-0.4, -0.2) is 19.3 Å². The van der Waals surface area contributed by atoms with Crippen molar-refractivity contribution in [2.24, 2.45) is 0 Å². The lowest BCUT2D eigenvalue weighted by Crippen LogP contribution is -1.95. The van der Waals surface area contributed by atoms with Crippen LogP contribution in [0.25, 0.3) is 0 Å². The first kappa shape index (κ1) is 11.2. The van der Waals surface area contributed by atoms with E-state index < -0.39 is 0 Å². The highest BCUT2D eigenvalue weighted by molar-refractivity contribution is 9.10. The van der Waals surface area contributed by atoms with Crippen molar-refractivity contribution in [2.45, 2.75) is 13.3 Å². The molecule has 1 rings (SSSR count). The Hall–Kier alpha value is -0.900. The van der Waals surface area contributed by atoms with Crippen LogP contribution in [0.4, 0.5) is 0 Å². The first-order chi connectivity index (χ1) is 6.65. The Labute approximate surface area is 91.8 Å². The molecule has 0 radical (unpaired) electrons. The average Bonchev–Trinajstić information content (AvgIpc) is 2.17. The Morgan fingerprint density at radius 1 is 1.36 bits per heavy atom. The standard InChI is InChI=1S/C10H13BrO3/c1-4-6-7(12)5-8(13-2)10(14-3)9(6)11/h5,12H,4H2,1-3H3. The molecule has 0 spiro atoms. The van der Waals surface area contributed by atoms with Crippen molar-refractivity contribution in [3.05, 3.63) is 16.1 Å². The van der Waals surface area contributed by atoms with E-state index in [1.165, 1.54) is 7.11 Å². The van der Waals surface area contributed by atoms with E-state index in [0.29, 0.717) is 11.5 Å². The van der Waals surface area contributed by atoms with Gasteiger partial charge in [-0.2, -0.15) is 0 Å². The Bertz CT molecular complexity index is 337. The first-order valence-corrected chi connectivity index (χ1v) is 5.07. The predicted molar refractivity (Wildman–Crippen MR) is 58.3 cm³/mol. The van der Waals surface area contributed by atoms with E-state index in [0.717, 1.165) is 16.5 Å². The molecule has 0 aliphatic heterocycles. The molecule has 0 fully saturated rings. The van der Waals surface area contributed by atoms with E-state index in [2.05, 4.69) is 15.9 Å². The predicted octanol–water partition coefficient (Wildman–Crippen LogP) is 2.73. The average molecular weight is 261 g/mol. The van der Waals surface area contributed by atoms with Gasteiger partial charge in [-0.1, -0.05) is 6.92 Å². The van der Waals surface area contributed by atoms with Crippen LogP contribution in [-0.2, 0) is 6.42 Å². The fourth-order valence-corrected chi connectivity index (χ4v) is 2.15. The molecule has 0 saturated heterocycles. The van der Waals surface area contributed by atoms with E-state index in [1.54, 1.807) is 13.2 Å². The molecule has 3 nitrogen and oxygen atoms in total. The number of methoxy groups -OCH3 is 2. The van der Waals surface area contributed by atoms with Gasteiger partial charge >= 0.3 is 0 Å². The lowest BCUT2D eigenvalue weighted by atomic mass is 10.1. The summed E-state index contributed by atoms with van der Waals surface area (Å²) in [7, 11) is 3.11. The minimum Gasteiger partial charge on any atom is -0.507 e. The van der Waals surface area contributed by atoms with Crippen LogP contribution in [0.2, 0.25) is 0 Å². The molecule has 4 heteroatoms. The van der Waals surface area contributed by atoms with Crippen LogP contribution in [0, 0.1) is 0 Å². The van der Waals surface area contributed by atoms with E-state index in [1.807, 2.05) is 6.92 Å². The van der Waals surface area contributed by atoms with Gasteiger partial charge in [0, 0.05) is 11.6 Å². The fraction of sp³-hybridized carbons (Fsp3) is 0.400. The molecule has 0 aliphatic rings. The summed E-state index contributed by atoms with van der Waals surface area (Å²) in [5.74, 6) is 1.35. The fourth-order valence-electron chi connectivity index (χ4n) is 1.31. The Balaban J connectivity index is 3.39. The van der Waals surface area contributed by atoms with Crippen molar-refractivity contribution in [1.82, 2.24) is 0 Å². The maximum atomic E-state index is 9.66. The van der Waals surface area contributed by atoms with Gasteiger partial charge in [0.2, 0.25) is 0 Å². The van der Waals surface area contributed by atoms with Crippen molar-refractivity contribution < 1.29 is 14.6 Å². The summed E-state index contributed by atoms with van der Waals surface area (Å²) in [6.45, 7) is 1.96. The van der Waals surface area contributed by atoms with Gasteiger partial charge in [0.25, 0.3) is 0 Å². The quantitative estimate of drug-likeness (QED) is 0.909. The van der Waals surface area contributed by atoms with Crippen LogP contribution >= 0.6 is 15.9 Å². The monoisotopic (exact) mass is 260 g/mol. The molecule has 0 bridgehead atoms. The smallest absolute Gasteiger partial charge is 0.175 e. The van der Waals surface area contributed by atoms with Crippen LogP contribution < -0.4 is 9.47 Å². The topological polar surface area (TPSA) is 38.7 Å². The van der Waals surface area contributed by atoms with Gasteiger partial charge in [-0.05, 0) is 22.4 Å². The number of phenolic OH excluding ortho intramolecular Hbond substituents is 1. The summed E-state index contributed by atoms with van der Waals surface area (Å²) in [5.41, 5.74) is 0.822. The number of halogens is 1. The molecule has 1 aromatic carbocycles. The van der Waals surface area contributed by atoms with Gasteiger partial charge in [0.05, 0.1) is 18.7 Å². The van der Waals surface area contributed by atoms with Crippen molar-refractivity contribution in [3.63, 3.8) is 0 Å². The minimum atomic E-state index is 0.219. The van der Waals surface area contributed by atoms with Crippen LogP contribution in [0.3, 0.4) is 0 Å². The van der Waals surface area contributed by atoms with Crippen molar-refractivity contribution in [2.75, 3.05) is 14.2 Å². The molecule has 0 aromatic heterocycles. The third kappa shape index (κ3) is 1.80. The van der Waals surface area contributed by atoms with Gasteiger partial charge in [-0.25, -0.2) is 0 Å². The lowest BCUT2D eigenvalue weighted by molar-refractivity contribution is 0.348. The molecule has 78 valence electrons. The Morgan fingerprint density at radius 3 is 2.43 bits per heavy atom. The zero-order valence-corrected chi connectivity index (χ0v) is 10.0. The second-order valence-corrected chi connectivity index (χ2v) is 3.57. The molecular weight excluding hydrogens is 248 g/mol. The molecule has 0 unspecified atom stereocenters.